The molecule has 0 aliphatic heterocycles. The van der Waals surface area contributed by atoms with E-state index in [0.717, 1.165) is 18.4 Å². The van der Waals surface area contributed by atoms with E-state index in [-0.39, 0.29) is 12.5 Å². The number of thiophene rings is 1. The largest absolute Gasteiger partial charge is 0.481 e. The number of rotatable bonds is 7. The van der Waals surface area contributed by atoms with Crippen LogP contribution in [0.5, 0.6) is 0 Å². The predicted molar refractivity (Wildman–Crippen MR) is 76.8 cm³/mol. The lowest BCUT2D eigenvalue weighted by molar-refractivity contribution is -0.141. The number of nitrogens with one attached hydrogen (secondary N) is 1. The van der Waals surface area contributed by atoms with Gasteiger partial charge in [0.1, 0.15) is 0 Å². The molecule has 1 rings (SSSR count). The van der Waals surface area contributed by atoms with Crippen molar-refractivity contribution in [1.29, 1.82) is 0 Å². The van der Waals surface area contributed by atoms with Crippen LogP contribution in [0.4, 0.5) is 0 Å². The van der Waals surface area contributed by atoms with Crippen LogP contribution in [0.1, 0.15) is 46.8 Å². The van der Waals surface area contributed by atoms with E-state index < -0.39 is 11.9 Å². The summed E-state index contributed by atoms with van der Waals surface area (Å²) in [6, 6.07) is 1.87. The topological polar surface area (TPSA) is 66.4 Å². The molecule has 4 nitrogen and oxygen atoms in total. The number of carboxylic acids is 1. The number of aliphatic carboxylic acids is 1. The normalized spacial score (nSPS) is 12.2. The minimum Gasteiger partial charge on any atom is -0.481 e. The molecule has 0 radical (unpaired) electrons. The van der Waals surface area contributed by atoms with Crippen molar-refractivity contribution >= 4 is 23.2 Å². The van der Waals surface area contributed by atoms with Gasteiger partial charge in [0.2, 0.25) is 0 Å². The van der Waals surface area contributed by atoms with Gasteiger partial charge in [0, 0.05) is 11.4 Å². The van der Waals surface area contributed by atoms with Gasteiger partial charge in [0.15, 0.2) is 0 Å². The first kappa shape index (κ1) is 15.7. The van der Waals surface area contributed by atoms with Gasteiger partial charge in [-0.3, -0.25) is 9.59 Å². The van der Waals surface area contributed by atoms with Crippen molar-refractivity contribution in [3.63, 3.8) is 0 Å². The summed E-state index contributed by atoms with van der Waals surface area (Å²) in [5.41, 5.74) is 1.13. The standard InChI is InChI=1S/C14H21NO3S/c1-4-6-10(14(17)18)8-15-13(16)12-7-9(3)11(5-2)19-12/h7,10H,4-6,8H2,1-3H3,(H,15,16)(H,17,18). The highest BCUT2D eigenvalue weighted by Gasteiger charge is 2.18. The Hall–Kier alpha value is -1.36. The summed E-state index contributed by atoms with van der Waals surface area (Å²) in [6.45, 7) is 6.18. The minimum atomic E-state index is -0.848. The van der Waals surface area contributed by atoms with Crippen LogP contribution in [0.15, 0.2) is 6.07 Å². The van der Waals surface area contributed by atoms with Gasteiger partial charge in [-0.1, -0.05) is 20.3 Å². The molecule has 0 aliphatic rings. The van der Waals surface area contributed by atoms with Crippen LogP contribution in [0, 0.1) is 12.8 Å². The highest BCUT2D eigenvalue weighted by Crippen LogP contribution is 2.22. The Labute approximate surface area is 117 Å². The number of amides is 1. The van der Waals surface area contributed by atoms with Crippen LogP contribution in [0.25, 0.3) is 0 Å². The highest BCUT2D eigenvalue weighted by molar-refractivity contribution is 7.14. The van der Waals surface area contributed by atoms with Crippen LogP contribution in [0.2, 0.25) is 0 Å². The van der Waals surface area contributed by atoms with Gasteiger partial charge in [-0.15, -0.1) is 11.3 Å². The summed E-state index contributed by atoms with van der Waals surface area (Å²) in [6.07, 6.45) is 2.29. The molecule has 0 fully saturated rings. The molecule has 19 heavy (non-hydrogen) atoms. The van der Waals surface area contributed by atoms with Gasteiger partial charge in [-0.2, -0.15) is 0 Å². The van der Waals surface area contributed by atoms with Crippen LogP contribution in [0.3, 0.4) is 0 Å². The van der Waals surface area contributed by atoms with E-state index >= 15 is 0 Å². The molecule has 0 saturated carbocycles. The minimum absolute atomic E-state index is 0.171. The summed E-state index contributed by atoms with van der Waals surface area (Å²) in [5, 5.41) is 11.7. The van der Waals surface area contributed by atoms with Crippen LogP contribution in [-0.2, 0) is 11.2 Å². The Morgan fingerprint density at radius 3 is 2.58 bits per heavy atom. The monoisotopic (exact) mass is 283 g/mol. The molecule has 0 aliphatic carbocycles. The van der Waals surface area contributed by atoms with Crippen molar-refractivity contribution in [2.45, 2.75) is 40.0 Å². The Morgan fingerprint density at radius 2 is 2.11 bits per heavy atom. The third-order valence-corrected chi connectivity index (χ3v) is 4.44. The lowest BCUT2D eigenvalue weighted by Gasteiger charge is -2.11. The maximum atomic E-state index is 12.0. The third-order valence-electron chi connectivity index (χ3n) is 3.06. The Balaban J connectivity index is 2.61. The van der Waals surface area contributed by atoms with Crippen molar-refractivity contribution in [1.82, 2.24) is 5.32 Å². The molecule has 0 saturated heterocycles. The summed E-state index contributed by atoms with van der Waals surface area (Å²) in [7, 11) is 0. The van der Waals surface area contributed by atoms with E-state index in [2.05, 4.69) is 12.2 Å². The van der Waals surface area contributed by atoms with E-state index in [9.17, 15) is 9.59 Å². The first-order valence-electron chi connectivity index (χ1n) is 6.59. The molecule has 5 heteroatoms. The maximum Gasteiger partial charge on any atom is 0.308 e. The number of carbonyl (C=O) groups is 2. The van der Waals surface area contributed by atoms with Crippen LogP contribution in [-0.4, -0.2) is 23.5 Å². The molecule has 106 valence electrons. The summed E-state index contributed by atoms with van der Waals surface area (Å²) in [4.78, 5) is 24.8. The van der Waals surface area contributed by atoms with Crippen molar-refractivity contribution < 1.29 is 14.7 Å². The van der Waals surface area contributed by atoms with Crippen molar-refractivity contribution in [3.8, 4) is 0 Å². The zero-order valence-corrected chi connectivity index (χ0v) is 12.5. The molecule has 1 aromatic heterocycles. The molecule has 0 bridgehead atoms. The van der Waals surface area contributed by atoms with E-state index in [0.29, 0.717) is 11.3 Å². The van der Waals surface area contributed by atoms with Gasteiger partial charge in [-0.05, 0) is 31.4 Å². The average Bonchev–Trinajstić information content (AvgIpc) is 2.75. The Morgan fingerprint density at radius 1 is 1.42 bits per heavy atom. The van der Waals surface area contributed by atoms with E-state index in [1.165, 1.54) is 16.2 Å². The Bertz CT molecular complexity index is 454. The first-order valence-corrected chi connectivity index (χ1v) is 7.41. The van der Waals surface area contributed by atoms with E-state index in [1.54, 1.807) is 0 Å². The second-order valence-corrected chi connectivity index (χ2v) is 5.74. The number of hydrogen-bond acceptors (Lipinski definition) is 3. The van der Waals surface area contributed by atoms with Gasteiger partial charge < -0.3 is 10.4 Å². The molecular weight excluding hydrogens is 262 g/mol. The molecule has 1 atom stereocenters. The van der Waals surface area contributed by atoms with Gasteiger partial charge in [-0.25, -0.2) is 0 Å². The molecule has 1 unspecified atom stereocenters. The first-order chi connectivity index (χ1) is 8.99. The predicted octanol–water partition coefficient (Wildman–Crippen LogP) is 2.85. The zero-order chi connectivity index (χ0) is 14.4. The summed E-state index contributed by atoms with van der Waals surface area (Å²) in [5.74, 6) is -1.52. The summed E-state index contributed by atoms with van der Waals surface area (Å²) >= 11 is 1.48. The number of carbonyl (C=O) groups excluding carboxylic acids is 1. The average molecular weight is 283 g/mol. The van der Waals surface area contributed by atoms with Gasteiger partial charge in [0.05, 0.1) is 10.8 Å². The lowest BCUT2D eigenvalue weighted by Crippen LogP contribution is -2.32. The third kappa shape index (κ3) is 4.35. The molecular formula is C14H21NO3S. The lowest BCUT2D eigenvalue weighted by atomic mass is 10.0. The van der Waals surface area contributed by atoms with Gasteiger partial charge in [0.25, 0.3) is 5.91 Å². The quantitative estimate of drug-likeness (QED) is 0.808. The molecule has 0 aromatic carbocycles. The maximum absolute atomic E-state index is 12.0. The fourth-order valence-electron chi connectivity index (χ4n) is 1.95. The molecule has 2 N–H and O–H groups in total. The smallest absolute Gasteiger partial charge is 0.308 e. The highest BCUT2D eigenvalue weighted by atomic mass is 32.1. The van der Waals surface area contributed by atoms with Crippen molar-refractivity contribution in [2.75, 3.05) is 6.54 Å². The fourth-order valence-corrected chi connectivity index (χ4v) is 2.98. The van der Waals surface area contributed by atoms with Gasteiger partial charge >= 0.3 is 5.97 Å². The fraction of sp³-hybridized carbons (Fsp3) is 0.571. The van der Waals surface area contributed by atoms with Crippen LogP contribution >= 0.6 is 11.3 Å². The number of carboxylic acid groups (broad SMARTS) is 1. The zero-order valence-electron chi connectivity index (χ0n) is 11.7. The molecule has 0 spiro atoms. The second kappa shape index (κ2) is 7.28. The SMILES string of the molecule is CCCC(CNC(=O)c1cc(C)c(CC)s1)C(=O)O. The number of aryl methyl sites for hydroxylation is 2. The number of hydrogen-bond donors (Lipinski definition) is 2. The second-order valence-electron chi connectivity index (χ2n) is 4.60. The van der Waals surface area contributed by atoms with Crippen molar-refractivity contribution in [2.24, 2.45) is 5.92 Å². The van der Waals surface area contributed by atoms with Crippen molar-refractivity contribution in [3.05, 3.63) is 21.4 Å². The molecule has 1 amide bonds. The Kier molecular flexibility index (Phi) is 6.02. The molecule has 1 aromatic rings. The van der Waals surface area contributed by atoms with E-state index in [1.807, 2.05) is 19.9 Å². The van der Waals surface area contributed by atoms with Crippen LogP contribution < -0.4 is 5.32 Å². The molecule has 1 heterocycles. The summed E-state index contributed by atoms with van der Waals surface area (Å²) < 4.78 is 0. The van der Waals surface area contributed by atoms with E-state index in [4.69, 9.17) is 5.11 Å².